The van der Waals surface area contributed by atoms with Crippen molar-refractivity contribution in [2.45, 2.75) is 32.7 Å². The topological polar surface area (TPSA) is 55.9 Å². The summed E-state index contributed by atoms with van der Waals surface area (Å²) in [5, 5.41) is 4.21. The van der Waals surface area contributed by atoms with Crippen LogP contribution in [0.1, 0.15) is 37.1 Å². The number of hydrogen-bond acceptors (Lipinski definition) is 3. The van der Waals surface area contributed by atoms with E-state index in [2.05, 4.69) is 17.1 Å². The van der Waals surface area contributed by atoms with Gasteiger partial charge in [-0.05, 0) is 26.7 Å². The number of rotatable bonds is 5. The molecule has 0 radical (unpaired) electrons. The minimum atomic E-state index is 0.162. The van der Waals surface area contributed by atoms with Crippen molar-refractivity contribution >= 4 is 0 Å². The second-order valence-electron chi connectivity index (χ2n) is 4.02. The van der Waals surface area contributed by atoms with Crippen LogP contribution in [0.15, 0.2) is 18.3 Å². The molecule has 1 heterocycles. The van der Waals surface area contributed by atoms with E-state index < -0.39 is 0 Å². The zero-order valence-corrected chi connectivity index (χ0v) is 9.75. The van der Waals surface area contributed by atoms with E-state index >= 15 is 0 Å². The van der Waals surface area contributed by atoms with Crippen LogP contribution < -0.4 is 11.3 Å². The molecule has 4 nitrogen and oxygen atoms in total. The fourth-order valence-corrected chi connectivity index (χ4v) is 1.58. The van der Waals surface area contributed by atoms with Crippen molar-refractivity contribution < 1.29 is 0 Å². The van der Waals surface area contributed by atoms with Crippen molar-refractivity contribution in [1.29, 1.82) is 0 Å². The first-order valence-electron chi connectivity index (χ1n) is 5.15. The summed E-state index contributed by atoms with van der Waals surface area (Å²) >= 11 is 0. The van der Waals surface area contributed by atoms with Crippen LogP contribution in [0.5, 0.6) is 0 Å². The fraction of sp³-hybridized carbons (Fsp3) is 0.545. The van der Waals surface area contributed by atoms with Gasteiger partial charge in [0.25, 0.3) is 0 Å². The summed E-state index contributed by atoms with van der Waals surface area (Å²) in [5.41, 5.74) is 6.33. The number of nitrogens with two attached hydrogens (primary N) is 1. The van der Waals surface area contributed by atoms with Crippen LogP contribution in [0.3, 0.4) is 0 Å². The predicted molar refractivity (Wildman–Crippen MR) is 62.1 cm³/mol. The zero-order valence-electron chi connectivity index (χ0n) is 9.75. The maximum atomic E-state index is 5.55. The molecule has 4 heteroatoms. The average Bonchev–Trinajstić information content (AvgIpc) is 2.50. The molecule has 15 heavy (non-hydrogen) atoms. The Morgan fingerprint density at radius 2 is 2.40 bits per heavy atom. The summed E-state index contributed by atoms with van der Waals surface area (Å²) in [6.07, 6.45) is 3.81. The van der Waals surface area contributed by atoms with Gasteiger partial charge in [-0.15, -0.1) is 6.58 Å². The first kappa shape index (κ1) is 11.9. The lowest BCUT2D eigenvalue weighted by molar-refractivity contribution is 0.512. The van der Waals surface area contributed by atoms with Crippen molar-refractivity contribution in [2.75, 3.05) is 0 Å². The average molecular weight is 208 g/mol. The molecule has 0 bridgehead atoms. The second kappa shape index (κ2) is 5.09. The number of hydrazine groups is 1. The summed E-state index contributed by atoms with van der Waals surface area (Å²) in [5.74, 6) is 5.55. The van der Waals surface area contributed by atoms with Crippen LogP contribution >= 0.6 is 0 Å². The highest BCUT2D eigenvalue weighted by atomic mass is 15.3. The molecule has 3 N–H and O–H groups in total. The van der Waals surface area contributed by atoms with Gasteiger partial charge in [-0.2, -0.15) is 5.10 Å². The maximum absolute atomic E-state index is 5.55. The smallest absolute Gasteiger partial charge is 0.0540 e. The molecule has 84 valence electrons. The van der Waals surface area contributed by atoms with Crippen LogP contribution in [-0.2, 0) is 7.05 Å². The van der Waals surface area contributed by atoms with Crippen molar-refractivity contribution in [1.82, 2.24) is 15.2 Å². The minimum Gasteiger partial charge on any atom is -0.273 e. The molecule has 0 saturated carbocycles. The lowest BCUT2D eigenvalue weighted by atomic mass is 10.0. The number of allylic oxidation sites excluding steroid dienone is 1. The first-order valence-corrected chi connectivity index (χ1v) is 5.15. The normalized spacial score (nSPS) is 12.8. The Bertz CT molecular complexity index is 340. The van der Waals surface area contributed by atoms with Gasteiger partial charge in [0.2, 0.25) is 0 Å². The Hall–Kier alpha value is -1.13. The van der Waals surface area contributed by atoms with E-state index in [1.807, 2.05) is 31.8 Å². The lowest BCUT2D eigenvalue weighted by Crippen LogP contribution is -2.28. The van der Waals surface area contributed by atoms with Crippen LogP contribution in [0, 0.1) is 6.92 Å². The highest BCUT2D eigenvalue weighted by Gasteiger charge is 2.14. The van der Waals surface area contributed by atoms with Crippen LogP contribution in [0.4, 0.5) is 0 Å². The van der Waals surface area contributed by atoms with E-state index in [0.29, 0.717) is 0 Å². The maximum Gasteiger partial charge on any atom is 0.0540 e. The van der Waals surface area contributed by atoms with Crippen molar-refractivity contribution in [3.63, 3.8) is 0 Å². The van der Waals surface area contributed by atoms with E-state index in [1.54, 1.807) is 0 Å². The third-order valence-corrected chi connectivity index (χ3v) is 2.71. The highest BCUT2D eigenvalue weighted by Crippen LogP contribution is 2.21. The summed E-state index contributed by atoms with van der Waals surface area (Å²) in [7, 11) is 1.94. The molecule has 1 aromatic rings. The van der Waals surface area contributed by atoms with Crippen LogP contribution in [0.2, 0.25) is 0 Å². The van der Waals surface area contributed by atoms with Gasteiger partial charge in [-0.1, -0.05) is 5.57 Å². The number of aromatic nitrogens is 2. The number of nitrogens with one attached hydrogen (secondary N) is 1. The Morgan fingerprint density at radius 1 is 1.73 bits per heavy atom. The Labute approximate surface area is 91.1 Å². The summed E-state index contributed by atoms with van der Waals surface area (Å²) in [6.45, 7) is 7.97. The van der Waals surface area contributed by atoms with Gasteiger partial charge in [-0.25, -0.2) is 0 Å². The molecule has 0 aliphatic rings. The molecule has 0 saturated heterocycles. The number of nitrogens with zero attached hydrogens (tertiary/aromatic N) is 2. The Kier molecular flexibility index (Phi) is 4.05. The van der Waals surface area contributed by atoms with Gasteiger partial charge in [-0.3, -0.25) is 16.0 Å². The Morgan fingerprint density at radius 3 is 2.80 bits per heavy atom. The summed E-state index contributed by atoms with van der Waals surface area (Å²) in [4.78, 5) is 0. The molecule has 1 rings (SSSR count). The summed E-state index contributed by atoms with van der Waals surface area (Å²) in [6, 6.07) is 0.162. The molecule has 0 aromatic carbocycles. The number of hydrogen-bond donors (Lipinski definition) is 2. The predicted octanol–water partition coefficient (Wildman–Crippen LogP) is 1.59. The van der Waals surface area contributed by atoms with Crippen molar-refractivity contribution in [2.24, 2.45) is 12.9 Å². The minimum absolute atomic E-state index is 0.162. The van der Waals surface area contributed by atoms with Gasteiger partial charge in [0.1, 0.15) is 0 Å². The van der Waals surface area contributed by atoms with Gasteiger partial charge in [0.05, 0.1) is 6.20 Å². The molecular formula is C11H20N4. The first-order chi connectivity index (χ1) is 7.06. The fourth-order valence-electron chi connectivity index (χ4n) is 1.58. The molecule has 1 aromatic heterocycles. The molecular weight excluding hydrogens is 188 g/mol. The molecule has 0 amide bonds. The SMILES string of the molecule is C=C(C)CCC(NN)c1cnn(C)c1C. The van der Waals surface area contributed by atoms with Gasteiger partial charge >= 0.3 is 0 Å². The standard InChI is InChI=1S/C11H20N4/c1-8(2)5-6-11(14-12)10-7-13-15(4)9(10)3/h7,11,14H,1,5-6,12H2,2-4H3. The quantitative estimate of drug-likeness (QED) is 0.439. The van der Waals surface area contributed by atoms with Gasteiger partial charge in [0, 0.05) is 24.3 Å². The monoisotopic (exact) mass is 208 g/mol. The lowest BCUT2D eigenvalue weighted by Gasteiger charge is -2.15. The highest BCUT2D eigenvalue weighted by molar-refractivity contribution is 5.20. The molecule has 0 fully saturated rings. The van der Waals surface area contributed by atoms with Crippen LogP contribution in [0.25, 0.3) is 0 Å². The van der Waals surface area contributed by atoms with E-state index in [1.165, 1.54) is 11.1 Å². The van der Waals surface area contributed by atoms with Crippen molar-refractivity contribution in [3.05, 3.63) is 29.6 Å². The number of aryl methyl sites for hydroxylation is 1. The third kappa shape index (κ3) is 2.91. The Balaban J connectivity index is 2.74. The summed E-state index contributed by atoms with van der Waals surface area (Å²) < 4.78 is 1.86. The zero-order chi connectivity index (χ0) is 11.4. The van der Waals surface area contributed by atoms with Gasteiger partial charge in [0.15, 0.2) is 0 Å². The largest absolute Gasteiger partial charge is 0.273 e. The molecule has 1 atom stereocenters. The van der Waals surface area contributed by atoms with E-state index in [-0.39, 0.29) is 6.04 Å². The van der Waals surface area contributed by atoms with Gasteiger partial charge < -0.3 is 0 Å². The molecule has 0 spiro atoms. The van der Waals surface area contributed by atoms with Crippen LogP contribution in [-0.4, -0.2) is 9.78 Å². The molecule has 0 aliphatic heterocycles. The van der Waals surface area contributed by atoms with E-state index in [9.17, 15) is 0 Å². The molecule has 1 unspecified atom stereocenters. The third-order valence-electron chi connectivity index (χ3n) is 2.71. The van der Waals surface area contributed by atoms with E-state index in [0.717, 1.165) is 18.5 Å². The molecule has 0 aliphatic carbocycles. The second-order valence-corrected chi connectivity index (χ2v) is 4.02. The van der Waals surface area contributed by atoms with Crippen molar-refractivity contribution in [3.8, 4) is 0 Å². The van der Waals surface area contributed by atoms with E-state index in [4.69, 9.17) is 5.84 Å².